The average molecular weight is 122 g/mol. The van der Waals surface area contributed by atoms with Crippen LogP contribution in [0.2, 0.25) is 0 Å². The van der Waals surface area contributed by atoms with E-state index >= 15 is 0 Å². The van der Waals surface area contributed by atoms with Gasteiger partial charge in [-0.15, -0.1) is 0 Å². The van der Waals surface area contributed by atoms with E-state index in [1.807, 2.05) is 13.0 Å². The van der Waals surface area contributed by atoms with Gasteiger partial charge >= 0.3 is 0 Å². The molecule has 0 fully saturated rings. The minimum Gasteiger partial charge on any atom is -0.198 e. The molecule has 1 heteroatoms. The summed E-state index contributed by atoms with van der Waals surface area (Å²) in [5.41, 5.74) is 3.47. The first-order valence-corrected chi connectivity index (χ1v) is 2.76. The van der Waals surface area contributed by atoms with Crippen molar-refractivity contribution in [2.24, 2.45) is 0 Å². The minimum absolute atomic E-state index is 0.317. The van der Waals surface area contributed by atoms with Crippen molar-refractivity contribution in [3.63, 3.8) is 0 Å². The minimum atomic E-state index is -0.317. The van der Waals surface area contributed by atoms with Crippen LogP contribution in [0.4, 0.5) is 4.39 Å². The highest BCUT2D eigenvalue weighted by atomic mass is 19.1. The third-order valence-electron chi connectivity index (χ3n) is 1.06. The molecule has 46 valence electrons. The number of hydrogen-bond donors (Lipinski definition) is 0. The first-order chi connectivity index (χ1) is 4.29. The van der Waals surface area contributed by atoms with Crippen LogP contribution in [0, 0.1) is 0 Å². The van der Waals surface area contributed by atoms with E-state index in [4.69, 9.17) is 0 Å². The second kappa shape index (κ2) is 2.47. The molecule has 1 rings (SSSR count). The topological polar surface area (TPSA) is 0 Å². The molecule has 9 heavy (non-hydrogen) atoms. The predicted molar refractivity (Wildman–Crippen MR) is 35.6 cm³/mol. The zero-order valence-corrected chi connectivity index (χ0v) is 5.19. The van der Waals surface area contributed by atoms with E-state index < -0.39 is 0 Å². The summed E-state index contributed by atoms with van der Waals surface area (Å²) < 4.78 is 12.3. The molecule has 0 aliphatic heterocycles. The van der Waals surface area contributed by atoms with Gasteiger partial charge in [-0.2, -0.15) is 4.39 Å². The number of halogens is 1. The van der Waals surface area contributed by atoms with E-state index in [1.54, 1.807) is 12.2 Å². The van der Waals surface area contributed by atoms with Crippen molar-refractivity contribution in [2.75, 3.05) is 0 Å². The lowest BCUT2D eigenvalue weighted by atomic mass is 10.3. The first kappa shape index (κ1) is 6.06. The predicted octanol–water partition coefficient (Wildman–Crippen LogP) is 2.51. The Balaban J connectivity index is 2.96. The quantitative estimate of drug-likeness (QED) is 0.433. The van der Waals surface area contributed by atoms with Gasteiger partial charge in [-0.25, -0.2) is 0 Å². The van der Waals surface area contributed by atoms with Gasteiger partial charge in [0.2, 0.25) is 0 Å². The summed E-state index contributed by atoms with van der Waals surface area (Å²) in [5, 5.41) is 0. The second-order valence-corrected chi connectivity index (χ2v) is 1.90. The molecule has 0 amide bonds. The Labute approximate surface area is 53.7 Å². The molecule has 0 bridgehead atoms. The smallest absolute Gasteiger partial charge is 0.165 e. The number of rotatable bonds is 0. The van der Waals surface area contributed by atoms with Gasteiger partial charge in [0.05, 0.1) is 0 Å². The molecule has 0 radical (unpaired) electrons. The summed E-state index contributed by atoms with van der Waals surface area (Å²) >= 11 is 0. The second-order valence-electron chi connectivity index (χ2n) is 1.90. The molecule has 0 nitrogen and oxygen atoms in total. The Morgan fingerprint density at radius 2 is 2.22 bits per heavy atom. The van der Waals surface area contributed by atoms with Gasteiger partial charge < -0.3 is 0 Å². The summed E-state index contributed by atoms with van der Waals surface area (Å²) in [5.74, 6) is -0.317. The van der Waals surface area contributed by atoms with Crippen LogP contribution in [0.5, 0.6) is 0 Å². The van der Waals surface area contributed by atoms with E-state index in [2.05, 4.69) is 5.73 Å². The molecule has 0 N–H and O–H groups in total. The molecule has 0 heterocycles. The molecule has 0 saturated heterocycles. The van der Waals surface area contributed by atoms with Gasteiger partial charge in [-0.1, -0.05) is 23.5 Å². The normalized spacial score (nSPS) is 16.7. The average Bonchev–Trinajstić information content (AvgIpc) is 1.97. The lowest BCUT2D eigenvalue weighted by Crippen LogP contribution is -1.62. The fourth-order valence-corrected chi connectivity index (χ4v) is 0.561. The summed E-state index contributed by atoms with van der Waals surface area (Å²) in [6.07, 6.45) is 6.49. The summed E-state index contributed by atoms with van der Waals surface area (Å²) in [6.45, 7) is 1.91. The summed E-state index contributed by atoms with van der Waals surface area (Å²) in [4.78, 5) is 0. The van der Waals surface area contributed by atoms with Crippen molar-refractivity contribution in [1.29, 1.82) is 0 Å². The van der Waals surface area contributed by atoms with Gasteiger partial charge in [0, 0.05) is 0 Å². The first-order valence-electron chi connectivity index (χ1n) is 2.76. The van der Waals surface area contributed by atoms with Crippen molar-refractivity contribution < 1.29 is 4.39 Å². The third-order valence-corrected chi connectivity index (χ3v) is 1.06. The molecule has 0 atom stereocenters. The SMILES string of the molecule is CC1=CC=C=C(F)C=C1. The summed E-state index contributed by atoms with van der Waals surface area (Å²) in [7, 11) is 0. The van der Waals surface area contributed by atoms with Crippen molar-refractivity contribution in [2.45, 2.75) is 6.92 Å². The van der Waals surface area contributed by atoms with Crippen molar-refractivity contribution >= 4 is 0 Å². The van der Waals surface area contributed by atoms with Crippen LogP contribution in [0.25, 0.3) is 0 Å². The van der Waals surface area contributed by atoms with Crippen LogP contribution < -0.4 is 0 Å². The fraction of sp³-hybridized carbons (Fsp3) is 0.125. The molecule has 0 aromatic carbocycles. The Morgan fingerprint density at radius 3 is 3.00 bits per heavy atom. The van der Waals surface area contributed by atoms with Crippen LogP contribution >= 0.6 is 0 Å². The molecule has 1 aliphatic rings. The molecule has 0 aromatic rings. The van der Waals surface area contributed by atoms with Crippen LogP contribution in [-0.4, -0.2) is 0 Å². The Kier molecular flexibility index (Phi) is 1.66. The Morgan fingerprint density at radius 1 is 1.44 bits per heavy atom. The maximum absolute atomic E-state index is 12.3. The lowest BCUT2D eigenvalue weighted by molar-refractivity contribution is 0.669. The number of hydrogen-bond acceptors (Lipinski definition) is 0. The molecule has 0 spiro atoms. The molecular formula is C8H7F. The molecule has 0 saturated carbocycles. The van der Waals surface area contributed by atoms with E-state index in [9.17, 15) is 4.39 Å². The van der Waals surface area contributed by atoms with E-state index in [0.29, 0.717) is 0 Å². The monoisotopic (exact) mass is 122 g/mol. The zero-order valence-electron chi connectivity index (χ0n) is 5.19. The van der Waals surface area contributed by atoms with E-state index in [0.717, 1.165) is 5.57 Å². The molecule has 1 aliphatic carbocycles. The molecular weight excluding hydrogens is 115 g/mol. The highest BCUT2D eigenvalue weighted by molar-refractivity contribution is 5.29. The molecule has 0 unspecified atom stereocenters. The van der Waals surface area contributed by atoms with Crippen LogP contribution in [0.3, 0.4) is 0 Å². The third kappa shape index (κ3) is 1.71. The van der Waals surface area contributed by atoms with Crippen molar-refractivity contribution in [3.8, 4) is 0 Å². The van der Waals surface area contributed by atoms with Gasteiger partial charge in [0.15, 0.2) is 5.83 Å². The van der Waals surface area contributed by atoms with Gasteiger partial charge in [0.1, 0.15) is 0 Å². The maximum atomic E-state index is 12.3. The summed E-state index contributed by atoms with van der Waals surface area (Å²) in [6, 6.07) is 0. The van der Waals surface area contributed by atoms with Crippen LogP contribution in [-0.2, 0) is 0 Å². The lowest BCUT2D eigenvalue weighted by Gasteiger charge is -1.81. The molecule has 0 aromatic heterocycles. The largest absolute Gasteiger partial charge is 0.198 e. The van der Waals surface area contributed by atoms with Gasteiger partial charge in [-0.3, -0.25) is 0 Å². The van der Waals surface area contributed by atoms with Crippen molar-refractivity contribution in [1.82, 2.24) is 0 Å². The van der Waals surface area contributed by atoms with Crippen LogP contribution in [0.15, 0.2) is 41.4 Å². The maximum Gasteiger partial charge on any atom is 0.165 e. The zero-order chi connectivity index (χ0) is 6.69. The highest BCUT2D eigenvalue weighted by Gasteiger charge is 1.86. The Hall–Kier alpha value is -1.07. The van der Waals surface area contributed by atoms with Crippen molar-refractivity contribution in [3.05, 3.63) is 41.4 Å². The van der Waals surface area contributed by atoms with E-state index in [-0.39, 0.29) is 5.83 Å². The van der Waals surface area contributed by atoms with Gasteiger partial charge in [0.25, 0.3) is 0 Å². The number of allylic oxidation sites excluding steroid dienone is 5. The van der Waals surface area contributed by atoms with E-state index in [1.165, 1.54) is 6.08 Å². The fourth-order valence-electron chi connectivity index (χ4n) is 0.561. The highest BCUT2D eigenvalue weighted by Crippen LogP contribution is 2.04. The van der Waals surface area contributed by atoms with Crippen LogP contribution in [0.1, 0.15) is 6.92 Å². The van der Waals surface area contributed by atoms with Gasteiger partial charge in [-0.05, 0) is 19.1 Å². The Bertz CT molecular complexity index is 225. The standard InChI is InChI=1S/C8H7F/c1-7-3-2-4-8(9)6-5-7/h2-3,5-6H,1H3.